The molecule has 0 spiro atoms. The first-order valence-corrected chi connectivity index (χ1v) is 7.02. The van der Waals surface area contributed by atoms with Gasteiger partial charge in [0, 0.05) is 19.5 Å². The van der Waals surface area contributed by atoms with E-state index in [1.165, 1.54) is 0 Å². The highest BCUT2D eigenvalue weighted by atomic mass is 16.2. The lowest BCUT2D eigenvalue weighted by Gasteiger charge is -2.20. The van der Waals surface area contributed by atoms with E-state index >= 15 is 0 Å². The fraction of sp³-hybridized carbons (Fsp3) is 0.467. The zero-order chi connectivity index (χ0) is 15.0. The van der Waals surface area contributed by atoms with Crippen molar-refractivity contribution in [2.24, 2.45) is 5.73 Å². The molecule has 0 heterocycles. The third kappa shape index (κ3) is 4.35. The van der Waals surface area contributed by atoms with Crippen molar-refractivity contribution < 1.29 is 9.59 Å². The first-order valence-electron chi connectivity index (χ1n) is 7.02. The SMILES string of the molecule is CCN(CC)C(=O)c1ccccc1NC(=O)CCCN. The molecule has 20 heavy (non-hydrogen) atoms. The molecule has 5 heteroatoms. The van der Waals surface area contributed by atoms with Crippen LogP contribution in [-0.4, -0.2) is 36.3 Å². The molecule has 0 unspecified atom stereocenters. The Bertz CT molecular complexity index is 456. The predicted octanol–water partition coefficient (Wildman–Crippen LogP) is 1.85. The van der Waals surface area contributed by atoms with E-state index < -0.39 is 0 Å². The Morgan fingerprint density at radius 1 is 1.20 bits per heavy atom. The van der Waals surface area contributed by atoms with Crippen LogP contribution in [-0.2, 0) is 4.79 Å². The fourth-order valence-electron chi connectivity index (χ4n) is 1.94. The van der Waals surface area contributed by atoms with E-state index in [1.807, 2.05) is 13.8 Å². The molecule has 1 rings (SSSR count). The van der Waals surface area contributed by atoms with E-state index in [9.17, 15) is 9.59 Å². The Balaban J connectivity index is 2.87. The summed E-state index contributed by atoms with van der Waals surface area (Å²) in [6.45, 7) is 5.64. The lowest BCUT2D eigenvalue weighted by atomic mass is 10.1. The minimum atomic E-state index is -0.116. The van der Waals surface area contributed by atoms with Crippen molar-refractivity contribution in [1.82, 2.24) is 4.90 Å². The molecule has 0 bridgehead atoms. The highest BCUT2D eigenvalue weighted by Crippen LogP contribution is 2.17. The second kappa shape index (κ2) is 8.32. The van der Waals surface area contributed by atoms with Crippen LogP contribution in [0.25, 0.3) is 0 Å². The Morgan fingerprint density at radius 2 is 1.85 bits per heavy atom. The monoisotopic (exact) mass is 277 g/mol. The summed E-state index contributed by atoms with van der Waals surface area (Å²) in [7, 11) is 0. The molecule has 0 saturated carbocycles. The lowest BCUT2D eigenvalue weighted by Crippen LogP contribution is -2.31. The zero-order valence-electron chi connectivity index (χ0n) is 12.2. The van der Waals surface area contributed by atoms with Gasteiger partial charge in [-0.2, -0.15) is 0 Å². The van der Waals surface area contributed by atoms with Crippen molar-refractivity contribution in [3.63, 3.8) is 0 Å². The van der Waals surface area contributed by atoms with Crippen LogP contribution in [0.15, 0.2) is 24.3 Å². The molecule has 0 atom stereocenters. The van der Waals surface area contributed by atoms with Crippen molar-refractivity contribution >= 4 is 17.5 Å². The van der Waals surface area contributed by atoms with Crippen LogP contribution in [0.2, 0.25) is 0 Å². The average Bonchev–Trinajstić information content (AvgIpc) is 2.46. The Morgan fingerprint density at radius 3 is 2.45 bits per heavy atom. The van der Waals surface area contributed by atoms with Gasteiger partial charge in [0.1, 0.15) is 0 Å². The predicted molar refractivity (Wildman–Crippen MR) is 80.6 cm³/mol. The Kier molecular flexibility index (Phi) is 6.73. The minimum Gasteiger partial charge on any atom is -0.339 e. The van der Waals surface area contributed by atoms with E-state index in [0.29, 0.717) is 43.7 Å². The number of nitrogens with two attached hydrogens (primary N) is 1. The summed E-state index contributed by atoms with van der Waals surface area (Å²) in [5.41, 5.74) is 6.47. The van der Waals surface area contributed by atoms with E-state index in [-0.39, 0.29) is 11.8 Å². The van der Waals surface area contributed by atoms with E-state index in [0.717, 1.165) is 0 Å². The number of hydrogen-bond donors (Lipinski definition) is 2. The quantitative estimate of drug-likeness (QED) is 0.798. The van der Waals surface area contributed by atoms with Crippen LogP contribution in [0.3, 0.4) is 0 Å². The van der Waals surface area contributed by atoms with Crippen molar-refractivity contribution in [3.05, 3.63) is 29.8 Å². The molecule has 0 radical (unpaired) electrons. The maximum absolute atomic E-state index is 12.4. The summed E-state index contributed by atoms with van der Waals surface area (Å²) < 4.78 is 0. The third-order valence-corrected chi connectivity index (χ3v) is 3.09. The number of benzene rings is 1. The summed E-state index contributed by atoms with van der Waals surface area (Å²) in [5, 5.41) is 2.79. The zero-order valence-corrected chi connectivity index (χ0v) is 12.2. The van der Waals surface area contributed by atoms with Gasteiger partial charge in [0.2, 0.25) is 5.91 Å². The van der Waals surface area contributed by atoms with Gasteiger partial charge in [-0.05, 0) is 38.9 Å². The van der Waals surface area contributed by atoms with Gasteiger partial charge in [-0.3, -0.25) is 9.59 Å². The molecule has 110 valence electrons. The van der Waals surface area contributed by atoms with E-state index in [2.05, 4.69) is 5.32 Å². The van der Waals surface area contributed by atoms with Crippen molar-refractivity contribution in [2.75, 3.05) is 25.0 Å². The van der Waals surface area contributed by atoms with Crippen LogP contribution in [0.1, 0.15) is 37.0 Å². The van der Waals surface area contributed by atoms with Gasteiger partial charge in [0.05, 0.1) is 11.3 Å². The van der Waals surface area contributed by atoms with Crippen molar-refractivity contribution in [1.29, 1.82) is 0 Å². The third-order valence-electron chi connectivity index (χ3n) is 3.09. The lowest BCUT2D eigenvalue weighted by molar-refractivity contribution is -0.116. The highest BCUT2D eigenvalue weighted by Gasteiger charge is 2.17. The van der Waals surface area contributed by atoms with Gasteiger partial charge in [0.25, 0.3) is 5.91 Å². The topological polar surface area (TPSA) is 75.4 Å². The molecule has 1 aromatic rings. The fourth-order valence-corrected chi connectivity index (χ4v) is 1.94. The van der Waals surface area contributed by atoms with Gasteiger partial charge in [0.15, 0.2) is 0 Å². The molecule has 0 aliphatic rings. The molecule has 5 nitrogen and oxygen atoms in total. The number of carbonyl (C=O) groups excluding carboxylic acids is 2. The van der Waals surface area contributed by atoms with Gasteiger partial charge >= 0.3 is 0 Å². The van der Waals surface area contributed by atoms with E-state index in [4.69, 9.17) is 5.73 Å². The van der Waals surface area contributed by atoms with Crippen LogP contribution in [0, 0.1) is 0 Å². The summed E-state index contributed by atoms with van der Waals surface area (Å²) in [4.78, 5) is 25.9. The van der Waals surface area contributed by atoms with Gasteiger partial charge in [-0.15, -0.1) is 0 Å². The molecule has 3 N–H and O–H groups in total. The summed E-state index contributed by atoms with van der Waals surface area (Å²) in [6, 6.07) is 7.08. The number of amides is 2. The number of nitrogens with one attached hydrogen (secondary N) is 1. The maximum Gasteiger partial charge on any atom is 0.255 e. The first kappa shape index (κ1) is 16.2. The molecular weight excluding hydrogens is 254 g/mol. The van der Waals surface area contributed by atoms with Crippen LogP contribution in [0.5, 0.6) is 0 Å². The van der Waals surface area contributed by atoms with Crippen molar-refractivity contribution in [3.8, 4) is 0 Å². The first-order chi connectivity index (χ1) is 9.63. The minimum absolute atomic E-state index is 0.0651. The summed E-state index contributed by atoms with van der Waals surface area (Å²) in [6.07, 6.45) is 1.00. The van der Waals surface area contributed by atoms with Crippen LogP contribution in [0.4, 0.5) is 5.69 Å². The summed E-state index contributed by atoms with van der Waals surface area (Å²) >= 11 is 0. The maximum atomic E-state index is 12.4. The second-order valence-electron chi connectivity index (χ2n) is 4.46. The highest BCUT2D eigenvalue weighted by molar-refractivity contribution is 6.03. The second-order valence-corrected chi connectivity index (χ2v) is 4.46. The Hall–Kier alpha value is -1.88. The molecular formula is C15H23N3O2. The molecule has 1 aromatic carbocycles. The number of anilines is 1. The smallest absolute Gasteiger partial charge is 0.255 e. The number of rotatable bonds is 7. The number of carbonyl (C=O) groups is 2. The molecule has 0 aromatic heterocycles. The average molecular weight is 277 g/mol. The van der Waals surface area contributed by atoms with Crippen LogP contribution >= 0.6 is 0 Å². The molecule has 0 aliphatic carbocycles. The number of nitrogens with zero attached hydrogens (tertiary/aromatic N) is 1. The Labute approximate surface area is 120 Å². The van der Waals surface area contributed by atoms with E-state index in [1.54, 1.807) is 29.2 Å². The standard InChI is InChI=1S/C15H23N3O2/c1-3-18(4-2)15(20)12-8-5-6-9-13(12)17-14(19)10-7-11-16/h5-6,8-9H,3-4,7,10-11,16H2,1-2H3,(H,17,19). The van der Waals surface area contributed by atoms with Crippen molar-refractivity contribution in [2.45, 2.75) is 26.7 Å². The molecule has 0 aliphatic heterocycles. The largest absolute Gasteiger partial charge is 0.339 e. The molecule has 2 amide bonds. The normalized spacial score (nSPS) is 10.2. The van der Waals surface area contributed by atoms with Gasteiger partial charge < -0.3 is 16.0 Å². The van der Waals surface area contributed by atoms with Gasteiger partial charge in [-0.25, -0.2) is 0 Å². The molecule has 0 fully saturated rings. The van der Waals surface area contributed by atoms with Crippen LogP contribution < -0.4 is 11.1 Å². The number of para-hydroxylation sites is 1. The number of hydrogen-bond acceptors (Lipinski definition) is 3. The van der Waals surface area contributed by atoms with Gasteiger partial charge in [-0.1, -0.05) is 12.1 Å². The molecule has 0 saturated heterocycles. The summed E-state index contributed by atoms with van der Waals surface area (Å²) in [5.74, 6) is -0.181.